The van der Waals surface area contributed by atoms with Gasteiger partial charge in [0, 0.05) is 50.9 Å². The summed E-state index contributed by atoms with van der Waals surface area (Å²) in [6, 6.07) is 8.13. The van der Waals surface area contributed by atoms with Gasteiger partial charge in [-0.05, 0) is 43.5 Å². The van der Waals surface area contributed by atoms with Crippen molar-refractivity contribution in [3.8, 4) is 0 Å². The van der Waals surface area contributed by atoms with Crippen molar-refractivity contribution in [2.75, 3.05) is 39.8 Å². The number of nitrogens with one attached hydrogen (secondary N) is 1. The van der Waals surface area contributed by atoms with Crippen LogP contribution in [-0.4, -0.2) is 61.5 Å². The first-order valence-electron chi connectivity index (χ1n) is 8.66. The maximum atomic E-state index is 12.4. The van der Waals surface area contributed by atoms with E-state index in [-0.39, 0.29) is 11.9 Å². The molecule has 0 radical (unpaired) electrons. The normalized spacial score (nSPS) is 21.1. The molecule has 0 spiro atoms. The van der Waals surface area contributed by atoms with Crippen molar-refractivity contribution in [3.05, 3.63) is 35.4 Å². The molecular weight excluding hydrogens is 288 g/mol. The molecule has 23 heavy (non-hydrogen) atoms. The number of nitrogens with zero attached hydrogens (tertiary/aromatic N) is 2. The van der Waals surface area contributed by atoms with E-state index in [9.17, 15) is 4.79 Å². The lowest BCUT2D eigenvalue weighted by Crippen LogP contribution is -2.44. The average molecular weight is 316 g/mol. The minimum Gasteiger partial charge on any atom is -0.348 e. The van der Waals surface area contributed by atoms with Gasteiger partial charge in [0.25, 0.3) is 5.91 Å². The first-order chi connectivity index (χ1) is 11.2. The minimum atomic E-state index is 0.00702. The van der Waals surface area contributed by atoms with Crippen molar-refractivity contribution in [1.29, 1.82) is 0 Å². The van der Waals surface area contributed by atoms with Gasteiger partial charge >= 0.3 is 0 Å². The van der Waals surface area contributed by atoms with Crippen molar-refractivity contribution in [2.24, 2.45) is 11.7 Å². The molecule has 1 saturated heterocycles. The molecule has 1 saturated carbocycles. The molecule has 1 aromatic carbocycles. The first-order valence-corrected chi connectivity index (χ1v) is 8.66. The predicted octanol–water partition coefficient (Wildman–Crippen LogP) is 0.901. The van der Waals surface area contributed by atoms with Gasteiger partial charge in [-0.1, -0.05) is 12.1 Å². The Kier molecular flexibility index (Phi) is 5.30. The summed E-state index contributed by atoms with van der Waals surface area (Å²) in [5, 5.41) is 3.10. The fraction of sp³-hybridized carbons (Fsp3) is 0.611. The Morgan fingerprint density at radius 3 is 2.70 bits per heavy atom. The van der Waals surface area contributed by atoms with Gasteiger partial charge in [-0.2, -0.15) is 0 Å². The van der Waals surface area contributed by atoms with Gasteiger partial charge in [-0.15, -0.1) is 0 Å². The van der Waals surface area contributed by atoms with Crippen LogP contribution < -0.4 is 11.1 Å². The molecule has 126 valence electrons. The van der Waals surface area contributed by atoms with Crippen molar-refractivity contribution in [1.82, 2.24) is 15.1 Å². The van der Waals surface area contributed by atoms with Crippen LogP contribution >= 0.6 is 0 Å². The van der Waals surface area contributed by atoms with E-state index in [1.54, 1.807) is 0 Å². The lowest BCUT2D eigenvalue weighted by molar-refractivity contribution is 0.0933. The Balaban J connectivity index is 1.59. The third-order valence-electron chi connectivity index (χ3n) is 4.95. The largest absolute Gasteiger partial charge is 0.348 e. The Morgan fingerprint density at radius 1 is 1.30 bits per heavy atom. The molecule has 0 aromatic heterocycles. The van der Waals surface area contributed by atoms with Crippen LogP contribution in [0.15, 0.2) is 24.3 Å². The highest BCUT2D eigenvalue weighted by Gasteiger charge is 2.31. The predicted molar refractivity (Wildman–Crippen MR) is 92.2 cm³/mol. The molecule has 1 aromatic rings. The van der Waals surface area contributed by atoms with Crippen molar-refractivity contribution < 1.29 is 4.79 Å². The summed E-state index contributed by atoms with van der Waals surface area (Å²) in [6.07, 6.45) is 2.37. The van der Waals surface area contributed by atoms with E-state index in [4.69, 9.17) is 5.73 Å². The quantitative estimate of drug-likeness (QED) is 0.819. The van der Waals surface area contributed by atoms with Gasteiger partial charge in [0.05, 0.1) is 0 Å². The Labute approximate surface area is 138 Å². The van der Waals surface area contributed by atoms with E-state index in [0.29, 0.717) is 12.5 Å². The topological polar surface area (TPSA) is 61.6 Å². The summed E-state index contributed by atoms with van der Waals surface area (Å²) < 4.78 is 0. The second kappa shape index (κ2) is 7.43. The summed E-state index contributed by atoms with van der Waals surface area (Å²) in [5.74, 6) is 0.588. The first kappa shape index (κ1) is 16.4. The average Bonchev–Trinajstić information content (AvgIpc) is 3.40. The van der Waals surface area contributed by atoms with E-state index >= 15 is 0 Å². The Hall–Kier alpha value is -1.43. The molecule has 1 aliphatic carbocycles. The zero-order chi connectivity index (χ0) is 16.2. The van der Waals surface area contributed by atoms with Crippen LogP contribution in [-0.2, 0) is 6.54 Å². The lowest BCUT2D eigenvalue weighted by atomic mass is 10.1. The van der Waals surface area contributed by atoms with Crippen LogP contribution in [0, 0.1) is 5.92 Å². The molecule has 1 atom stereocenters. The minimum absolute atomic E-state index is 0.00702. The molecule has 2 aliphatic rings. The van der Waals surface area contributed by atoms with E-state index in [1.807, 2.05) is 18.2 Å². The maximum absolute atomic E-state index is 12.4. The molecule has 2 fully saturated rings. The van der Waals surface area contributed by atoms with Gasteiger partial charge in [-0.25, -0.2) is 0 Å². The number of piperazine rings is 1. The number of nitrogens with two attached hydrogens (primary N) is 1. The van der Waals surface area contributed by atoms with Crippen molar-refractivity contribution in [2.45, 2.75) is 25.4 Å². The fourth-order valence-electron chi connectivity index (χ4n) is 3.19. The van der Waals surface area contributed by atoms with Gasteiger partial charge in [0.1, 0.15) is 0 Å². The van der Waals surface area contributed by atoms with Crippen LogP contribution in [0.3, 0.4) is 0 Å². The zero-order valence-corrected chi connectivity index (χ0v) is 14.0. The third kappa shape index (κ3) is 4.53. The monoisotopic (exact) mass is 316 g/mol. The van der Waals surface area contributed by atoms with E-state index < -0.39 is 0 Å². The highest BCUT2D eigenvalue weighted by molar-refractivity contribution is 5.94. The number of rotatable bonds is 6. The van der Waals surface area contributed by atoms with E-state index in [2.05, 4.69) is 28.2 Å². The van der Waals surface area contributed by atoms with Crippen LogP contribution in [0.25, 0.3) is 0 Å². The van der Waals surface area contributed by atoms with Crippen molar-refractivity contribution >= 4 is 5.91 Å². The number of carbonyl (C=O) groups is 1. The van der Waals surface area contributed by atoms with Crippen LogP contribution in [0.5, 0.6) is 0 Å². The van der Waals surface area contributed by atoms with Gasteiger partial charge in [0.15, 0.2) is 0 Å². The highest BCUT2D eigenvalue weighted by Crippen LogP contribution is 2.32. The smallest absolute Gasteiger partial charge is 0.251 e. The molecule has 0 bridgehead atoms. The number of hydrogen-bond acceptors (Lipinski definition) is 4. The highest BCUT2D eigenvalue weighted by atomic mass is 16.1. The standard InChI is InChI=1S/C18H28N4O/c1-21-7-9-22(10-8-21)13-14-3-2-4-16(11-14)18(23)20-17(12-19)15-5-6-15/h2-4,11,15,17H,5-10,12-13,19H2,1H3,(H,20,23). The number of benzene rings is 1. The summed E-state index contributed by atoms with van der Waals surface area (Å²) in [6.45, 7) is 5.84. The Bertz CT molecular complexity index is 536. The molecule has 1 unspecified atom stereocenters. The number of carbonyl (C=O) groups excluding carboxylic acids is 1. The molecule has 1 aliphatic heterocycles. The summed E-state index contributed by atoms with van der Waals surface area (Å²) in [7, 11) is 2.16. The third-order valence-corrected chi connectivity index (χ3v) is 4.95. The second-order valence-electron chi connectivity index (χ2n) is 6.93. The molecule has 1 amide bonds. The fourth-order valence-corrected chi connectivity index (χ4v) is 3.19. The van der Waals surface area contributed by atoms with Crippen LogP contribution in [0.2, 0.25) is 0 Å². The molecule has 5 heteroatoms. The summed E-state index contributed by atoms with van der Waals surface area (Å²) >= 11 is 0. The van der Waals surface area contributed by atoms with Crippen LogP contribution in [0.1, 0.15) is 28.8 Å². The molecule has 5 nitrogen and oxygen atoms in total. The summed E-state index contributed by atoms with van der Waals surface area (Å²) in [4.78, 5) is 17.2. The van der Waals surface area contributed by atoms with Crippen LogP contribution in [0.4, 0.5) is 0 Å². The lowest BCUT2D eigenvalue weighted by Gasteiger charge is -2.32. The van der Waals surface area contributed by atoms with E-state index in [0.717, 1.165) is 38.3 Å². The molecule has 1 heterocycles. The SMILES string of the molecule is CN1CCN(Cc2cccc(C(=O)NC(CN)C3CC3)c2)CC1. The van der Waals surface area contributed by atoms with Crippen molar-refractivity contribution in [3.63, 3.8) is 0 Å². The maximum Gasteiger partial charge on any atom is 0.251 e. The number of hydrogen-bond donors (Lipinski definition) is 2. The Morgan fingerprint density at radius 2 is 2.04 bits per heavy atom. The van der Waals surface area contributed by atoms with Gasteiger partial charge in [0.2, 0.25) is 0 Å². The second-order valence-corrected chi connectivity index (χ2v) is 6.93. The molecule has 3 rings (SSSR count). The number of amides is 1. The number of likely N-dealkylation sites (N-methyl/N-ethyl adjacent to an activating group) is 1. The zero-order valence-electron chi connectivity index (χ0n) is 14.0. The summed E-state index contributed by atoms with van der Waals surface area (Å²) in [5.41, 5.74) is 7.73. The van der Waals surface area contributed by atoms with Gasteiger partial charge in [-0.3, -0.25) is 9.69 Å². The molecule has 3 N–H and O–H groups in total. The van der Waals surface area contributed by atoms with E-state index in [1.165, 1.54) is 18.4 Å². The van der Waals surface area contributed by atoms with Gasteiger partial charge < -0.3 is 16.0 Å². The molecular formula is C18H28N4O.